The van der Waals surface area contributed by atoms with E-state index >= 15 is 0 Å². The number of methoxy groups -OCH3 is 1. The molecule has 0 spiro atoms. The minimum Gasteiger partial charge on any atom is -0.493 e. The van der Waals surface area contributed by atoms with Gasteiger partial charge in [0.15, 0.2) is 18.1 Å². The molecule has 0 unspecified atom stereocenters. The number of amides is 1. The molecule has 1 heterocycles. The van der Waals surface area contributed by atoms with Crippen LogP contribution in [-0.4, -0.2) is 39.4 Å². The van der Waals surface area contributed by atoms with Crippen molar-refractivity contribution in [3.8, 4) is 11.5 Å². The number of rotatable bonds is 8. The van der Waals surface area contributed by atoms with Gasteiger partial charge in [0, 0.05) is 29.6 Å². The van der Waals surface area contributed by atoms with Gasteiger partial charge in [-0.25, -0.2) is 0 Å². The summed E-state index contributed by atoms with van der Waals surface area (Å²) in [4.78, 5) is 12.5. The van der Waals surface area contributed by atoms with Crippen LogP contribution in [0.3, 0.4) is 0 Å². The Balaban J connectivity index is 1.63. The van der Waals surface area contributed by atoms with E-state index in [-0.39, 0.29) is 17.9 Å². The van der Waals surface area contributed by atoms with Gasteiger partial charge in [0.2, 0.25) is 0 Å². The van der Waals surface area contributed by atoms with Gasteiger partial charge in [0.1, 0.15) is 0 Å². The molecule has 3 rings (SSSR count). The second-order valence-corrected chi connectivity index (χ2v) is 8.29. The molecule has 1 aliphatic heterocycles. The molecule has 1 amide bonds. The Hall–Kier alpha value is -2.31. The summed E-state index contributed by atoms with van der Waals surface area (Å²) in [5, 5.41) is 3.06. The summed E-state index contributed by atoms with van der Waals surface area (Å²) in [5.41, 5.74) is 2.09. The van der Waals surface area contributed by atoms with Crippen molar-refractivity contribution >= 4 is 27.9 Å². The normalized spacial score (nSPS) is 15.7. The average Bonchev–Trinajstić information content (AvgIpc) is 2.77. The molecule has 2 aromatic carbocycles. The van der Waals surface area contributed by atoms with Crippen LogP contribution in [0, 0.1) is 0 Å². The van der Waals surface area contributed by atoms with Gasteiger partial charge < -0.3 is 19.5 Å². The molecular formula is C24H28BrNO4. The van der Waals surface area contributed by atoms with E-state index < -0.39 is 0 Å². The highest BCUT2D eigenvalue weighted by Crippen LogP contribution is 2.35. The average molecular weight is 474 g/mol. The molecule has 0 atom stereocenters. The van der Waals surface area contributed by atoms with Crippen molar-refractivity contribution in [1.82, 2.24) is 5.32 Å². The van der Waals surface area contributed by atoms with Crippen LogP contribution in [0.2, 0.25) is 0 Å². The summed E-state index contributed by atoms with van der Waals surface area (Å²) in [5.74, 6) is 0.998. The van der Waals surface area contributed by atoms with E-state index in [0.29, 0.717) is 31.3 Å². The number of hydrogen-bond acceptors (Lipinski definition) is 4. The Morgan fingerprint density at radius 2 is 2.00 bits per heavy atom. The minimum absolute atomic E-state index is 0.0651. The molecule has 0 aliphatic carbocycles. The van der Waals surface area contributed by atoms with Crippen molar-refractivity contribution in [1.29, 1.82) is 0 Å². The highest BCUT2D eigenvalue weighted by molar-refractivity contribution is 9.10. The van der Waals surface area contributed by atoms with Gasteiger partial charge in [-0.1, -0.05) is 46.3 Å². The molecule has 1 fully saturated rings. The van der Waals surface area contributed by atoms with Crippen LogP contribution < -0.4 is 14.8 Å². The summed E-state index contributed by atoms with van der Waals surface area (Å²) in [6, 6.07) is 13.9. The van der Waals surface area contributed by atoms with E-state index in [2.05, 4.69) is 33.4 Å². The first-order valence-electron chi connectivity index (χ1n) is 10.1. The lowest BCUT2D eigenvalue weighted by Crippen LogP contribution is -2.45. The SMILES string of the molecule is CC=Cc1ccc(OCC(=O)NCC2(c3cccc(Br)c3)CCOCC2)c(OC)c1. The van der Waals surface area contributed by atoms with Crippen LogP contribution in [0.25, 0.3) is 6.08 Å². The van der Waals surface area contributed by atoms with Crippen LogP contribution in [0.4, 0.5) is 0 Å². The Kier molecular flexibility index (Phi) is 7.94. The number of benzene rings is 2. The maximum Gasteiger partial charge on any atom is 0.257 e. The molecule has 5 nitrogen and oxygen atoms in total. The van der Waals surface area contributed by atoms with Gasteiger partial charge in [-0.05, 0) is 55.2 Å². The topological polar surface area (TPSA) is 56.8 Å². The van der Waals surface area contributed by atoms with E-state index in [9.17, 15) is 4.79 Å². The third-order valence-corrected chi connectivity index (χ3v) is 5.91. The maximum atomic E-state index is 12.5. The fraction of sp³-hybridized carbons (Fsp3) is 0.375. The molecule has 0 radical (unpaired) electrons. The van der Waals surface area contributed by atoms with Crippen molar-refractivity contribution in [2.75, 3.05) is 33.5 Å². The Bertz CT molecular complexity index is 891. The lowest BCUT2D eigenvalue weighted by Gasteiger charge is -2.38. The van der Waals surface area contributed by atoms with E-state index in [4.69, 9.17) is 14.2 Å². The molecule has 1 saturated heterocycles. The molecule has 6 heteroatoms. The van der Waals surface area contributed by atoms with Crippen molar-refractivity contribution < 1.29 is 19.0 Å². The number of halogens is 1. The lowest BCUT2D eigenvalue weighted by atomic mass is 9.74. The van der Waals surface area contributed by atoms with E-state index in [1.165, 1.54) is 5.56 Å². The Morgan fingerprint density at radius 3 is 2.70 bits per heavy atom. The largest absolute Gasteiger partial charge is 0.493 e. The molecule has 0 bridgehead atoms. The zero-order valence-corrected chi connectivity index (χ0v) is 19.0. The monoisotopic (exact) mass is 473 g/mol. The van der Waals surface area contributed by atoms with E-state index in [0.717, 1.165) is 22.9 Å². The second-order valence-electron chi connectivity index (χ2n) is 7.38. The van der Waals surface area contributed by atoms with Crippen LogP contribution in [0.5, 0.6) is 11.5 Å². The molecule has 1 aliphatic rings. The highest BCUT2D eigenvalue weighted by atomic mass is 79.9. The van der Waals surface area contributed by atoms with Crippen molar-refractivity contribution in [3.63, 3.8) is 0 Å². The molecule has 0 saturated carbocycles. The van der Waals surface area contributed by atoms with Gasteiger partial charge in [0.05, 0.1) is 7.11 Å². The molecule has 2 aromatic rings. The predicted octanol–water partition coefficient (Wildman–Crippen LogP) is 4.73. The first-order valence-corrected chi connectivity index (χ1v) is 10.9. The Labute approximate surface area is 186 Å². The quantitative estimate of drug-likeness (QED) is 0.601. The molecule has 1 N–H and O–H groups in total. The third-order valence-electron chi connectivity index (χ3n) is 5.42. The second kappa shape index (κ2) is 10.6. The summed E-state index contributed by atoms with van der Waals surface area (Å²) in [7, 11) is 1.59. The van der Waals surface area contributed by atoms with E-state index in [1.807, 2.05) is 49.4 Å². The van der Waals surface area contributed by atoms with Gasteiger partial charge in [-0.2, -0.15) is 0 Å². The number of hydrogen-bond donors (Lipinski definition) is 1. The van der Waals surface area contributed by atoms with Gasteiger partial charge in [0.25, 0.3) is 5.91 Å². The van der Waals surface area contributed by atoms with Gasteiger partial charge >= 0.3 is 0 Å². The maximum absolute atomic E-state index is 12.5. The van der Waals surface area contributed by atoms with Crippen molar-refractivity contribution in [2.45, 2.75) is 25.2 Å². The first-order chi connectivity index (χ1) is 14.6. The van der Waals surface area contributed by atoms with Crippen LogP contribution >= 0.6 is 15.9 Å². The zero-order valence-electron chi connectivity index (χ0n) is 17.4. The molecule has 30 heavy (non-hydrogen) atoms. The minimum atomic E-state index is -0.157. The predicted molar refractivity (Wildman–Crippen MR) is 122 cm³/mol. The highest BCUT2D eigenvalue weighted by Gasteiger charge is 2.35. The summed E-state index contributed by atoms with van der Waals surface area (Å²) < 4.78 is 17.7. The fourth-order valence-electron chi connectivity index (χ4n) is 3.71. The van der Waals surface area contributed by atoms with Crippen LogP contribution in [0.15, 0.2) is 53.0 Å². The summed E-state index contributed by atoms with van der Waals surface area (Å²) in [6.07, 6.45) is 5.67. The number of allylic oxidation sites excluding steroid dienone is 1. The van der Waals surface area contributed by atoms with Crippen LogP contribution in [0.1, 0.15) is 30.9 Å². The molecule has 160 valence electrons. The van der Waals surface area contributed by atoms with Crippen LogP contribution in [-0.2, 0) is 14.9 Å². The smallest absolute Gasteiger partial charge is 0.257 e. The lowest BCUT2D eigenvalue weighted by molar-refractivity contribution is -0.123. The number of ether oxygens (including phenoxy) is 3. The van der Waals surface area contributed by atoms with Gasteiger partial charge in [-0.15, -0.1) is 0 Å². The van der Waals surface area contributed by atoms with Gasteiger partial charge in [-0.3, -0.25) is 4.79 Å². The molecular weight excluding hydrogens is 446 g/mol. The van der Waals surface area contributed by atoms with Crippen molar-refractivity contribution in [3.05, 3.63) is 64.1 Å². The Morgan fingerprint density at radius 1 is 1.20 bits per heavy atom. The summed E-state index contributed by atoms with van der Waals surface area (Å²) >= 11 is 3.56. The summed E-state index contributed by atoms with van der Waals surface area (Å²) in [6.45, 7) is 3.82. The van der Waals surface area contributed by atoms with Crippen molar-refractivity contribution in [2.24, 2.45) is 0 Å². The first kappa shape index (κ1) is 22.4. The zero-order chi connectivity index (χ0) is 21.4. The number of carbonyl (C=O) groups excluding carboxylic acids is 1. The van der Waals surface area contributed by atoms with E-state index in [1.54, 1.807) is 7.11 Å². The standard InChI is InChI=1S/C24H28BrNO4/c1-3-5-18-8-9-21(22(14-18)28-2)30-16-23(27)26-17-24(10-12-29-13-11-24)19-6-4-7-20(25)15-19/h3-9,14-15H,10-13,16-17H2,1-2H3,(H,26,27). The molecule has 0 aromatic heterocycles. The number of nitrogens with one attached hydrogen (secondary N) is 1. The fourth-order valence-corrected chi connectivity index (χ4v) is 4.11. The number of carbonyl (C=O) groups is 1. The third kappa shape index (κ3) is 5.64.